The summed E-state index contributed by atoms with van der Waals surface area (Å²) in [6, 6.07) is 10.7. The number of hydrogen-bond acceptors (Lipinski definition) is 4. The Morgan fingerprint density at radius 1 is 1.17 bits per heavy atom. The fraction of sp³-hybridized carbons (Fsp3) is 0.150. The second-order valence-corrected chi connectivity index (χ2v) is 8.69. The Kier molecular flexibility index (Phi) is 6.77. The highest BCUT2D eigenvalue weighted by Crippen LogP contribution is 2.30. The van der Waals surface area contributed by atoms with E-state index in [1.54, 1.807) is 18.2 Å². The monoisotopic (exact) mass is 618 g/mol. The van der Waals surface area contributed by atoms with Gasteiger partial charge in [-0.3, -0.25) is 9.69 Å². The molecule has 2 aromatic rings. The predicted molar refractivity (Wildman–Crippen MR) is 123 cm³/mol. The van der Waals surface area contributed by atoms with Gasteiger partial charge in [-0.15, -0.1) is 0 Å². The zero-order valence-corrected chi connectivity index (χ0v) is 19.6. The van der Waals surface area contributed by atoms with Gasteiger partial charge < -0.3 is 15.2 Å². The first-order valence-electron chi connectivity index (χ1n) is 8.48. The van der Waals surface area contributed by atoms with Crippen LogP contribution in [0.2, 0.25) is 0 Å². The van der Waals surface area contributed by atoms with Gasteiger partial charge in [0.05, 0.1) is 13.7 Å². The van der Waals surface area contributed by atoms with E-state index in [0.29, 0.717) is 18.5 Å². The maximum Gasteiger partial charge on any atom is 0.341 e. The Labute approximate surface area is 194 Å². The highest BCUT2D eigenvalue weighted by Gasteiger charge is 2.33. The van der Waals surface area contributed by atoms with Gasteiger partial charge in [0.25, 0.3) is 5.91 Å². The molecule has 2 N–H and O–H groups in total. The van der Waals surface area contributed by atoms with Crippen LogP contribution in [0.15, 0.2) is 42.1 Å². The molecule has 3 amide bonds. The number of nitrogens with zero attached hydrogens (tertiary/aromatic N) is 1. The quantitative estimate of drug-likeness (QED) is 0.292. The van der Waals surface area contributed by atoms with E-state index in [2.05, 4.69) is 5.32 Å². The normalized spacial score (nSPS) is 15.0. The molecule has 0 aromatic heterocycles. The van der Waals surface area contributed by atoms with Crippen molar-refractivity contribution in [3.8, 4) is 5.75 Å². The van der Waals surface area contributed by atoms with Gasteiger partial charge in [0.2, 0.25) is 0 Å². The largest absolute Gasteiger partial charge is 0.480 e. The standard InChI is InChI=1S/C20H16I2N2O5/c1-11-2-4-12(5-3-11)9-24-19(27)16(23-20(24)28)8-13-6-14(21)18(15(22)7-13)29-10-17(25)26/h2-8H,9-10H2,1H3,(H,23,28)(H,25,26)/b16-8+. The van der Waals surface area contributed by atoms with Crippen molar-refractivity contribution >= 4 is 69.2 Å². The first-order chi connectivity index (χ1) is 13.7. The minimum atomic E-state index is -1.06. The number of hydrogen-bond donors (Lipinski definition) is 2. The van der Waals surface area contributed by atoms with E-state index in [1.165, 1.54) is 0 Å². The van der Waals surface area contributed by atoms with Gasteiger partial charge in [0.1, 0.15) is 11.4 Å². The molecule has 1 aliphatic heterocycles. The van der Waals surface area contributed by atoms with E-state index in [9.17, 15) is 14.4 Å². The molecule has 1 aliphatic rings. The zero-order chi connectivity index (χ0) is 21.1. The van der Waals surface area contributed by atoms with Gasteiger partial charge in [-0.1, -0.05) is 29.8 Å². The number of urea groups is 1. The van der Waals surface area contributed by atoms with Gasteiger partial charge in [-0.25, -0.2) is 9.59 Å². The van der Waals surface area contributed by atoms with Crippen molar-refractivity contribution in [2.75, 3.05) is 6.61 Å². The molecule has 1 heterocycles. The minimum absolute atomic E-state index is 0.188. The Bertz CT molecular complexity index is 995. The van der Waals surface area contributed by atoms with Crippen LogP contribution < -0.4 is 10.1 Å². The second kappa shape index (κ2) is 9.11. The first-order valence-corrected chi connectivity index (χ1v) is 10.6. The van der Waals surface area contributed by atoms with Crippen LogP contribution in [0.25, 0.3) is 6.08 Å². The number of nitrogens with one attached hydrogen (secondary N) is 1. The summed E-state index contributed by atoms with van der Waals surface area (Å²) in [6.45, 7) is 1.73. The molecule has 0 aliphatic carbocycles. The maximum absolute atomic E-state index is 12.7. The van der Waals surface area contributed by atoms with Crippen molar-refractivity contribution in [3.63, 3.8) is 0 Å². The third-order valence-electron chi connectivity index (χ3n) is 4.10. The fourth-order valence-electron chi connectivity index (χ4n) is 2.69. The second-order valence-electron chi connectivity index (χ2n) is 6.36. The smallest absolute Gasteiger partial charge is 0.341 e. The molecule has 0 bridgehead atoms. The molecule has 0 unspecified atom stereocenters. The van der Waals surface area contributed by atoms with E-state index >= 15 is 0 Å². The van der Waals surface area contributed by atoms with Crippen LogP contribution in [0, 0.1) is 14.1 Å². The average molecular weight is 618 g/mol. The summed E-state index contributed by atoms with van der Waals surface area (Å²) < 4.78 is 6.71. The molecule has 29 heavy (non-hydrogen) atoms. The predicted octanol–water partition coefficient (Wildman–Crippen LogP) is 3.76. The number of halogens is 2. The number of carbonyl (C=O) groups excluding carboxylic acids is 2. The van der Waals surface area contributed by atoms with Crippen LogP contribution in [0.5, 0.6) is 5.75 Å². The van der Waals surface area contributed by atoms with Crippen molar-refractivity contribution in [3.05, 3.63) is 65.9 Å². The van der Waals surface area contributed by atoms with Gasteiger partial charge in [-0.05, 0) is 81.4 Å². The number of amides is 3. The van der Waals surface area contributed by atoms with Crippen LogP contribution in [-0.4, -0.2) is 34.5 Å². The molecule has 0 atom stereocenters. The molecule has 0 saturated carbocycles. The SMILES string of the molecule is Cc1ccc(CN2C(=O)N/C(=C/c3cc(I)c(OCC(=O)O)c(I)c3)C2=O)cc1. The van der Waals surface area contributed by atoms with Crippen LogP contribution in [-0.2, 0) is 16.1 Å². The van der Waals surface area contributed by atoms with E-state index in [-0.39, 0.29) is 12.2 Å². The molecule has 0 spiro atoms. The number of carboxylic acids is 1. The molecule has 7 nitrogen and oxygen atoms in total. The maximum atomic E-state index is 12.7. The van der Waals surface area contributed by atoms with Crippen molar-refractivity contribution in [1.29, 1.82) is 0 Å². The number of carboxylic acid groups (broad SMARTS) is 1. The minimum Gasteiger partial charge on any atom is -0.480 e. The number of aliphatic carboxylic acids is 1. The van der Waals surface area contributed by atoms with E-state index in [1.807, 2.05) is 76.4 Å². The van der Waals surface area contributed by atoms with Gasteiger partial charge in [0, 0.05) is 0 Å². The number of benzene rings is 2. The van der Waals surface area contributed by atoms with E-state index < -0.39 is 24.5 Å². The molecule has 0 radical (unpaired) electrons. The third-order valence-corrected chi connectivity index (χ3v) is 5.70. The summed E-state index contributed by atoms with van der Waals surface area (Å²) >= 11 is 4.08. The number of aryl methyl sites for hydroxylation is 1. The lowest BCUT2D eigenvalue weighted by molar-refractivity contribution is -0.139. The molecule has 1 saturated heterocycles. The van der Waals surface area contributed by atoms with Crippen molar-refractivity contribution in [1.82, 2.24) is 10.2 Å². The lowest BCUT2D eigenvalue weighted by atomic mass is 10.1. The van der Waals surface area contributed by atoms with Gasteiger partial charge in [-0.2, -0.15) is 0 Å². The molecule has 3 rings (SSSR count). The zero-order valence-electron chi connectivity index (χ0n) is 15.2. The summed E-state index contributed by atoms with van der Waals surface area (Å²) in [4.78, 5) is 36.8. The number of ether oxygens (including phenoxy) is 1. The van der Waals surface area contributed by atoms with Crippen molar-refractivity contribution in [2.24, 2.45) is 0 Å². The third kappa shape index (κ3) is 5.26. The average Bonchev–Trinajstić information content (AvgIpc) is 2.90. The summed E-state index contributed by atoms with van der Waals surface area (Å²) in [5.41, 5.74) is 2.85. The molecule has 150 valence electrons. The van der Waals surface area contributed by atoms with Gasteiger partial charge >= 0.3 is 12.0 Å². The van der Waals surface area contributed by atoms with Gasteiger partial charge in [0.15, 0.2) is 6.61 Å². The summed E-state index contributed by atoms with van der Waals surface area (Å²) in [5.74, 6) is -0.985. The first kappa shape index (κ1) is 21.6. The van der Waals surface area contributed by atoms with Crippen molar-refractivity contribution in [2.45, 2.75) is 13.5 Å². The number of carbonyl (C=O) groups is 3. The number of rotatable bonds is 6. The molecule has 1 fully saturated rings. The molecular formula is C20H16I2N2O5. The highest BCUT2D eigenvalue weighted by atomic mass is 127. The van der Waals surface area contributed by atoms with Crippen molar-refractivity contribution < 1.29 is 24.2 Å². The fourth-order valence-corrected chi connectivity index (χ4v) is 4.82. The van der Waals surface area contributed by atoms with E-state index in [4.69, 9.17) is 9.84 Å². The van der Waals surface area contributed by atoms with E-state index in [0.717, 1.165) is 16.0 Å². The molecular weight excluding hydrogens is 602 g/mol. The topological polar surface area (TPSA) is 95.9 Å². The highest BCUT2D eigenvalue weighted by molar-refractivity contribution is 14.1. The number of imide groups is 1. The summed E-state index contributed by atoms with van der Waals surface area (Å²) in [5, 5.41) is 11.4. The Morgan fingerprint density at radius 3 is 2.38 bits per heavy atom. The molecule has 2 aromatic carbocycles. The van der Waals surface area contributed by atoms with Crippen LogP contribution in [0.1, 0.15) is 16.7 Å². The Morgan fingerprint density at radius 2 is 1.79 bits per heavy atom. The summed E-state index contributed by atoms with van der Waals surface area (Å²) in [6.07, 6.45) is 1.60. The lowest BCUT2D eigenvalue weighted by Crippen LogP contribution is -2.30. The Balaban J connectivity index is 1.80. The van der Waals surface area contributed by atoms with Crippen LogP contribution >= 0.6 is 45.2 Å². The molecule has 9 heteroatoms. The Hall–Kier alpha value is -2.15. The summed E-state index contributed by atoms with van der Waals surface area (Å²) in [7, 11) is 0. The van der Waals surface area contributed by atoms with Crippen LogP contribution in [0.3, 0.4) is 0 Å². The van der Waals surface area contributed by atoms with Crippen LogP contribution in [0.4, 0.5) is 4.79 Å². The lowest BCUT2D eigenvalue weighted by Gasteiger charge is -2.12.